The quantitative estimate of drug-likeness (QED) is 0.692. The van der Waals surface area contributed by atoms with Crippen LogP contribution in [-0.4, -0.2) is 16.1 Å². The average Bonchev–Trinajstić information content (AvgIpc) is 2.96. The summed E-state index contributed by atoms with van der Waals surface area (Å²) in [6.45, 7) is 1.76. The molecule has 0 atom stereocenters. The van der Waals surface area contributed by atoms with Crippen LogP contribution in [0, 0.1) is 6.92 Å². The molecule has 3 aromatic rings. The van der Waals surface area contributed by atoms with Gasteiger partial charge in [-0.3, -0.25) is 0 Å². The Bertz CT molecular complexity index is 860. The lowest BCUT2D eigenvalue weighted by molar-refractivity contribution is 0.0698. The van der Waals surface area contributed by atoms with Gasteiger partial charge in [0.1, 0.15) is 0 Å². The highest BCUT2D eigenvalue weighted by Gasteiger charge is 2.20. The van der Waals surface area contributed by atoms with Crippen molar-refractivity contribution < 1.29 is 9.90 Å². The van der Waals surface area contributed by atoms with Crippen LogP contribution in [0.3, 0.4) is 0 Å². The second kappa shape index (κ2) is 5.30. The number of halogens is 2. The fourth-order valence-corrected chi connectivity index (χ4v) is 3.43. The van der Waals surface area contributed by atoms with Crippen LogP contribution in [0.15, 0.2) is 29.6 Å². The molecule has 0 fully saturated rings. The van der Waals surface area contributed by atoms with E-state index in [9.17, 15) is 9.90 Å². The van der Waals surface area contributed by atoms with Crippen molar-refractivity contribution >= 4 is 51.4 Å². The van der Waals surface area contributed by atoms with Crippen molar-refractivity contribution in [3.05, 3.63) is 50.8 Å². The normalized spacial score (nSPS) is 11.0. The van der Waals surface area contributed by atoms with Crippen molar-refractivity contribution in [1.82, 2.24) is 4.98 Å². The predicted molar refractivity (Wildman–Crippen MR) is 86.8 cm³/mol. The summed E-state index contributed by atoms with van der Waals surface area (Å²) in [6, 6.07) is 7.02. The maximum absolute atomic E-state index is 11.7. The average molecular weight is 338 g/mol. The van der Waals surface area contributed by atoms with E-state index in [0.29, 0.717) is 27.2 Å². The first-order chi connectivity index (χ1) is 10.0. The monoisotopic (exact) mass is 337 g/mol. The van der Waals surface area contributed by atoms with Gasteiger partial charge in [0.05, 0.1) is 31.7 Å². The van der Waals surface area contributed by atoms with Gasteiger partial charge in [-0.15, -0.1) is 11.3 Å². The molecule has 2 heterocycles. The number of aromatic carboxylic acids is 1. The van der Waals surface area contributed by atoms with E-state index in [1.165, 1.54) is 11.3 Å². The number of carbonyl (C=O) groups is 1. The van der Waals surface area contributed by atoms with Crippen LogP contribution in [0.2, 0.25) is 10.0 Å². The highest BCUT2D eigenvalue weighted by molar-refractivity contribution is 7.13. The number of hydrogen-bond acceptors (Lipinski definition) is 3. The first kappa shape index (κ1) is 14.3. The molecule has 0 unspecified atom stereocenters. The number of carboxylic acid groups (broad SMARTS) is 1. The molecule has 1 aromatic carbocycles. The Balaban J connectivity index is 2.49. The molecule has 0 saturated heterocycles. The van der Waals surface area contributed by atoms with Crippen molar-refractivity contribution in [2.24, 2.45) is 0 Å². The smallest absolute Gasteiger partial charge is 0.336 e. The van der Waals surface area contributed by atoms with Crippen molar-refractivity contribution in [3.63, 3.8) is 0 Å². The molecule has 0 aliphatic rings. The molecule has 3 nitrogen and oxygen atoms in total. The summed E-state index contributed by atoms with van der Waals surface area (Å²) in [5.74, 6) is -1.00. The maximum Gasteiger partial charge on any atom is 0.336 e. The SMILES string of the molecule is Cc1c(-c2cccs2)nc2c(Cl)c(Cl)ccc2c1C(=O)O. The van der Waals surface area contributed by atoms with E-state index < -0.39 is 5.97 Å². The molecule has 21 heavy (non-hydrogen) atoms. The molecule has 0 aliphatic carbocycles. The maximum atomic E-state index is 11.7. The topological polar surface area (TPSA) is 50.2 Å². The molecule has 6 heteroatoms. The summed E-state index contributed by atoms with van der Waals surface area (Å²) in [5.41, 5.74) is 1.87. The number of hydrogen-bond donors (Lipinski definition) is 1. The fraction of sp³-hybridized carbons (Fsp3) is 0.0667. The molecule has 3 rings (SSSR count). The van der Waals surface area contributed by atoms with E-state index in [2.05, 4.69) is 4.98 Å². The Morgan fingerprint density at radius 3 is 2.67 bits per heavy atom. The third kappa shape index (κ3) is 2.29. The van der Waals surface area contributed by atoms with Gasteiger partial charge >= 0.3 is 5.97 Å². The van der Waals surface area contributed by atoms with Gasteiger partial charge in [0.15, 0.2) is 0 Å². The second-order valence-corrected chi connectivity index (χ2v) is 6.23. The van der Waals surface area contributed by atoms with Crippen LogP contribution in [0.1, 0.15) is 15.9 Å². The summed E-state index contributed by atoms with van der Waals surface area (Å²) >= 11 is 13.7. The Kier molecular flexibility index (Phi) is 3.61. The number of thiophene rings is 1. The van der Waals surface area contributed by atoms with E-state index in [4.69, 9.17) is 23.2 Å². The van der Waals surface area contributed by atoms with Crippen LogP contribution in [0.4, 0.5) is 0 Å². The van der Waals surface area contributed by atoms with Crippen LogP contribution in [0.5, 0.6) is 0 Å². The minimum Gasteiger partial charge on any atom is -0.478 e. The minimum atomic E-state index is -1.00. The van der Waals surface area contributed by atoms with Crippen molar-refractivity contribution in [2.75, 3.05) is 0 Å². The molecule has 0 saturated carbocycles. The molecule has 106 valence electrons. The zero-order chi connectivity index (χ0) is 15.1. The first-order valence-corrected chi connectivity index (χ1v) is 7.69. The van der Waals surface area contributed by atoms with E-state index in [-0.39, 0.29) is 10.6 Å². The van der Waals surface area contributed by atoms with E-state index in [0.717, 1.165) is 4.88 Å². The Hall–Kier alpha value is -1.62. The number of fused-ring (bicyclic) bond motifs is 1. The van der Waals surface area contributed by atoms with Gasteiger partial charge in [0, 0.05) is 5.39 Å². The number of nitrogens with zero attached hydrogens (tertiary/aromatic N) is 1. The minimum absolute atomic E-state index is 0.210. The summed E-state index contributed by atoms with van der Waals surface area (Å²) < 4.78 is 0. The molecule has 0 radical (unpaired) electrons. The number of rotatable bonds is 2. The van der Waals surface area contributed by atoms with Crippen molar-refractivity contribution in [1.29, 1.82) is 0 Å². The van der Waals surface area contributed by atoms with Gasteiger partial charge in [0.2, 0.25) is 0 Å². The van der Waals surface area contributed by atoms with Gasteiger partial charge < -0.3 is 5.11 Å². The van der Waals surface area contributed by atoms with Crippen LogP contribution >= 0.6 is 34.5 Å². The van der Waals surface area contributed by atoms with Gasteiger partial charge in [-0.2, -0.15) is 0 Å². The number of carboxylic acids is 1. The molecule has 2 aromatic heterocycles. The Morgan fingerprint density at radius 2 is 2.05 bits per heavy atom. The number of aromatic nitrogens is 1. The van der Waals surface area contributed by atoms with Gasteiger partial charge in [0.25, 0.3) is 0 Å². The van der Waals surface area contributed by atoms with Crippen LogP contribution in [-0.2, 0) is 0 Å². The third-order valence-corrected chi connectivity index (χ3v) is 4.93. The van der Waals surface area contributed by atoms with E-state index in [1.807, 2.05) is 17.5 Å². The summed E-state index contributed by atoms with van der Waals surface area (Å²) in [4.78, 5) is 17.1. The Morgan fingerprint density at radius 1 is 1.29 bits per heavy atom. The lowest BCUT2D eigenvalue weighted by Gasteiger charge is -2.12. The number of benzene rings is 1. The largest absolute Gasteiger partial charge is 0.478 e. The molecule has 0 spiro atoms. The van der Waals surface area contributed by atoms with E-state index >= 15 is 0 Å². The summed E-state index contributed by atoms with van der Waals surface area (Å²) in [6.07, 6.45) is 0. The van der Waals surface area contributed by atoms with Crippen LogP contribution in [0.25, 0.3) is 21.5 Å². The second-order valence-electron chi connectivity index (χ2n) is 4.50. The molecular formula is C15H9Cl2NO2S. The van der Waals surface area contributed by atoms with Crippen LogP contribution < -0.4 is 0 Å². The third-order valence-electron chi connectivity index (χ3n) is 3.26. The molecule has 0 bridgehead atoms. The number of pyridine rings is 1. The predicted octanol–water partition coefficient (Wildman–Crippen LogP) is 5.28. The van der Waals surface area contributed by atoms with Crippen molar-refractivity contribution in [3.8, 4) is 10.6 Å². The molecule has 0 aliphatic heterocycles. The lowest BCUT2D eigenvalue weighted by Crippen LogP contribution is -2.04. The summed E-state index contributed by atoms with van der Waals surface area (Å²) in [7, 11) is 0. The molecule has 1 N–H and O–H groups in total. The van der Waals surface area contributed by atoms with E-state index in [1.54, 1.807) is 19.1 Å². The van der Waals surface area contributed by atoms with Crippen molar-refractivity contribution in [2.45, 2.75) is 6.92 Å². The Labute approximate surface area is 134 Å². The zero-order valence-corrected chi connectivity index (χ0v) is 13.2. The van der Waals surface area contributed by atoms with Gasteiger partial charge in [-0.25, -0.2) is 9.78 Å². The highest BCUT2D eigenvalue weighted by atomic mass is 35.5. The molecule has 0 amide bonds. The molecular weight excluding hydrogens is 329 g/mol. The highest BCUT2D eigenvalue weighted by Crippen LogP contribution is 2.37. The van der Waals surface area contributed by atoms with Gasteiger partial charge in [-0.05, 0) is 30.0 Å². The lowest BCUT2D eigenvalue weighted by atomic mass is 10.0. The standard InChI is InChI=1S/C15H9Cl2NO2S/c1-7-11(15(19)20)8-4-5-9(16)12(17)14(8)18-13(7)10-3-2-6-21-10/h2-6H,1H3,(H,19,20). The first-order valence-electron chi connectivity index (χ1n) is 6.06. The zero-order valence-electron chi connectivity index (χ0n) is 10.9. The fourth-order valence-electron chi connectivity index (χ4n) is 2.30. The van der Waals surface area contributed by atoms with Gasteiger partial charge in [-0.1, -0.05) is 35.3 Å². The summed E-state index contributed by atoms with van der Waals surface area (Å²) in [5, 5.41) is 12.6.